The van der Waals surface area contributed by atoms with Crippen molar-refractivity contribution in [1.82, 2.24) is 15.2 Å². The number of benzene rings is 2. The average molecular weight is 446 g/mol. The molecule has 2 aromatic carbocycles. The number of carbonyl (C=O) groups excluding carboxylic acids is 2. The molecule has 31 heavy (non-hydrogen) atoms. The molecule has 0 saturated carbocycles. The number of rotatable bonds is 7. The van der Waals surface area contributed by atoms with E-state index in [4.69, 9.17) is 4.74 Å². The maximum atomic E-state index is 12.7. The van der Waals surface area contributed by atoms with Crippen LogP contribution in [0.1, 0.15) is 40.7 Å². The lowest BCUT2D eigenvalue weighted by Crippen LogP contribution is -2.42. The molecule has 1 fully saturated rings. The number of carbonyl (C=O) groups is 2. The van der Waals surface area contributed by atoms with Gasteiger partial charge in [0.05, 0.1) is 17.9 Å². The zero-order valence-corrected chi connectivity index (χ0v) is 18.5. The van der Waals surface area contributed by atoms with Crippen LogP contribution in [-0.2, 0) is 14.8 Å². The Bertz CT molecular complexity index is 1060. The third-order valence-electron chi connectivity index (χ3n) is 5.04. The molecule has 0 aliphatic carbocycles. The Morgan fingerprint density at radius 2 is 1.77 bits per heavy atom. The van der Waals surface area contributed by atoms with Crippen LogP contribution in [0.3, 0.4) is 0 Å². The monoisotopic (exact) mass is 445 g/mol. The Morgan fingerprint density at radius 3 is 2.52 bits per heavy atom. The smallest absolute Gasteiger partial charge is 0.269 e. The van der Waals surface area contributed by atoms with Gasteiger partial charge in [0.1, 0.15) is 5.75 Å². The normalized spacial score (nSPS) is 14.3. The van der Waals surface area contributed by atoms with Gasteiger partial charge in [-0.3, -0.25) is 20.4 Å². The van der Waals surface area contributed by atoms with Crippen molar-refractivity contribution in [2.45, 2.75) is 38.0 Å². The standard InChI is InChI=1S/C22H27N3O5S/c1-16-8-9-17(2)20(14-16)30-13-10-21(26)23-24-22(27)18-6-5-7-19(15-18)31(28,29)25-11-3-4-12-25/h5-9,14-15H,3-4,10-13H2,1-2H3,(H,23,26)(H,24,27). The largest absolute Gasteiger partial charge is 0.493 e. The topological polar surface area (TPSA) is 105 Å². The second-order valence-corrected chi connectivity index (χ2v) is 9.45. The summed E-state index contributed by atoms with van der Waals surface area (Å²) in [6.07, 6.45) is 1.72. The van der Waals surface area contributed by atoms with Crippen LogP contribution in [0.2, 0.25) is 0 Å². The van der Waals surface area contributed by atoms with Crippen LogP contribution in [0.4, 0.5) is 0 Å². The minimum absolute atomic E-state index is 0.0526. The molecule has 2 amide bonds. The highest BCUT2D eigenvalue weighted by molar-refractivity contribution is 7.89. The summed E-state index contributed by atoms with van der Waals surface area (Å²) in [4.78, 5) is 24.4. The molecule has 0 spiro atoms. The number of hydrogen-bond donors (Lipinski definition) is 2. The van der Waals surface area contributed by atoms with Crippen LogP contribution < -0.4 is 15.6 Å². The minimum atomic E-state index is -3.62. The van der Waals surface area contributed by atoms with Gasteiger partial charge in [0.25, 0.3) is 5.91 Å². The van der Waals surface area contributed by atoms with E-state index in [0.717, 1.165) is 24.0 Å². The average Bonchev–Trinajstić information content (AvgIpc) is 3.30. The van der Waals surface area contributed by atoms with E-state index in [-0.39, 0.29) is 23.5 Å². The first-order valence-electron chi connectivity index (χ1n) is 10.2. The molecule has 3 rings (SSSR count). The number of nitrogens with zero attached hydrogens (tertiary/aromatic N) is 1. The van der Waals surface area contributed by atoms with Crippen molar-refractivity contribution >= 4 is 21.8 Å². The summed E-state index contributed by atoms with van der Waals surface area (Å²) in [6.45, 7) is 5.01. The fourth-order valence-electron chi connectivity index (χ4n) is 3.25. The van der Waals surface area contributed by atoms with Crippen LogP contribution >= 0.6 is 0 Å². The minimum Gasteiger partial charge on any atom is -0.493 e. The van der Waals surface area contributed by atoms with Gasteiger partial charge in [-0.1, -0.05) is 18.2 Å². The number of sulfonamides is 1. The van der Waals surface area contributed by atoms with Gasteiger partial charge in [-0.05, 0) is 62.1 Å². The molecule has 1 saturated heterocycles. The second-order valence-electron chi connectivity index (χ2n) is 7.51. The maximum absolute atomic E-state index is 12.7. The van der Waals surface area contributed by atoms with Gasteiger partial charge in [0.2, 0.25) is 15.9 Å². The Balaban J connectivity index is 1.51. The zero-order valence-electron chi connectivity index (χ0n) is 17.7. The van der Waals surface area contributed by atoms with Gasteiger partial charge in [-0.2, -0.15) is 4.31 Å². The van der Waals surface area contributed by atoms with Crippen LogP contribution in [0.5, 0.6) is 5.75 Å². The number of hydrazine groups is 1. The summed E-state index contributed by atoms with van der Waals surface area (Å²) >= 11 is 0. The predicted molar refractivity (Wildman–Crippen MR) is 116 cm³/mol. The third-order valence-corrected chi connectivity index (χ3v) is 6.94. The quantitative estimate of drug-likeness (QED) is 0.637. The van der Waals surface area contributed by atoms with Crippen LogP contribution in [0.25, 0.3) is 0 Å². The van der Waals surface area contributed by atoms with Crippen LogP contribution in [0.15, 0.2) is 47.4 Å². The van der Waals surface area contributed by atoms with Crippen molar-refractivity contribution in [2.75, 3.05) is 19.7 Å². The highest BCUT2D eigenvalue weighted by atomic mass is 32.2. The van der Waals surface area contributed by atoms with Crippen molar-refractivity contribution < 1.29 is 22.7 Å². The van der Waals surface area contributed by atoms with Gasteiger partial charge >= 0.3 is 0 Å². The van der Waals surface area contributed by atoms with Crippen LogP contribution in [0, 0.1) is 13.8 Å². The first kappa shape index (κ1) is 22.8. The van der Waals surface area contributed by atoms with E-state index in [1.54, 1.807) is 0 Å². The molecule has 2 aromatic rings. The van der Waals surface area contributed by atoms with Gasteiger partial charge in [-0.15, -0.1) is 0 Å². The first-order valence-corrected chi connectivity index (χ1v) is 11.6. The summed E-state index contributed by atoms with van der Waals surface area (Å²) in [5, 5.41) is 0. The fraction of sp³-hybridized carbons (Fsp3) is 0.364. The molecular weight excluding hydrogens is 418 g/mol. The number of nitrogens with one attached hydrogen (secondary N) is 2. The van der Waals surface area contributed by atoms with Crippen LogP contribution in [-0.4, -0.2) is 44.2 Å². The molecule has 0 aromatic heterocycles. The van der Waals surface area contributed by atoms with E-state index in [1.165, 1.54) is 28.6 Å². The maximum Gasteiger partial charge on any atom is 0.269 e. The second kappa shape index (κ2) is 9.93. The molecule has 8 nitrogen and oxygen atoms in total. The summed E-state index contributed by atoms with van der Waals surface area (Å²) in [5.74, 6) is -0.297. The SMILES string of the molecule is Cc1ccc(C)c(OCCC(=O)NNC(=O)c2cccc(S(=O)(=O)N3CCCC3)c2)c1. The Morgan fingerprint density at radius 1 is 1.03 bits per heavy atom. The molecule has 9 heteroatoms. The van der Waals surface area contributed by atoms with E-state index in [0.29, 0.717) is 18.8 Å². The highest BCUT2D eigenvalue weighted by Gasteiger charge is 2.27. The number of amides is 2. The van der Waals surface area contributed by atoms with Gasteiger partial charge in [0.15, 0.2) is 0 Å². The predicted octanol–water partition coefficient (Wildman–Crippen LogP) is 2.32. The van der Waals surface area contributed by atoms with E-state index < -0.39 is 21.8 Å². The van der Waals surface area contributed by atoms with Crippen molar-refractivity contribution in [2.24, 2.45) is 0 Å². The summed E-state index contributed by atoms with van der Waals surface area (Å²) in [5.41, 5.74) is 6.82. The fourth-order valence-corrected chi connectivity index (χ4v) is 4.82. The molecule has 0 bridgehead atoms. The van der Waals surface area contributed by atoms with E-state index in [9.17, 15) is 18.0 Å². The molecule has 2 N–H and O–H groups in total. The van der Waals surface area contributed by atoms with E-state index in [2.05, 4.69) is 10.9 Å². The summed E-state index contributed by atoms with van der Waals surface area (Å²) in [6, 6.07) is 11.6. The zero-order chi connectivity index (χ0) is 22.4. The molecular formula is C22H27N3O5S. The Kier molecular flexibility index (Phi) is 7.29. The van der Waals surface area contributed by atoms with Gasteiger partial charge < -0.3 is 4.74 Å². The number of aryl methyl sites for hydroxylation is 2. The lowest BCUT2D eigenvalue weighted by Gasteiger charge is -2.16. The van der Waals surface area contributed by atoms with Crippen molar-refractivity contribution in [3.8, 4) is 5.75 Å². The highest BCUT2D eigenvalue weighted by Crippen LogP contribution is 2.21. The molecule has 1 heterocycles. The third kappa shape index (κ3) is 5.83. The molecule has 1 aliphatic rings. The Hall–Kier alpha value is -2.91. The summed E-state index contributed by atoms with van der Waals surface area (Å²) < 4.78 is 32.4. The lowest BCUT2D eigenvalue weighted by molar-refractivity contribution is -0.122. The van der Waals surface area contributed by atoms with E-state index >= 15 is 0 Å². The van der Waals surface area contributed by atoms with Crippen molar-refractivity contribution in [1.29, 1.82) is 0 Å². The molecule has 1 aliphatic heterocycles. The Labute approximate surface area is 182 Å². The molecule has 166 valence electrons. The van der Waals surface area contributed by atoms with Crippen molar-refractivity contribution in [3.05, 3.63) is 59.2 Å². The number of ether oxygens (including phenoxy) is 1. The van der Waals surface area contributed by atoms with Gasteiger partial charge in [0, 0.05) is 18.7 Å². The summed E-state index contributed by atoms with van der Waals surface area (Å²) in [7, 11) is -3.62. The molecule has 0 unspecified atom stereocenters. The molecule has 0 atom stereocenters. The van der Waals surface area contributed by atoms with Gasteiger partial charge in [-0.25, -0.2) is 8.42 Å². The number of hydrogen-bond acceptors (Lipinski definition) is 5. The van der Waals surface area contributed by atoms with E-state index in [1.807, 2.05) is 32.0 Å². The molecule has 0 radical (unpaired) electrons. The lowest BCUT2D eigenvalue weighted by atomic mass is 10.1. The van der Waals surface area contributed by atoms with Crippen molar-refractivity contribution in [3.63, 3.8) is 0 Å². The first-order chi connectivity index (χ1) is 14.8.